The number of nitro benzene ring substituents is 1. The molecule has 0 aliphatic carbocycles. The fourth-order valence-electron chi connectivity index (χ4n) is 3.30. The van der Waals surface area contributed by atoms with Crippen molar-refractivity contribution in [3.05, 3.63) is 105 Å². The van der Waals surface area contributed by atoms with Crippen LogP contribution >= 0.6 is 0 Å². The molecule has 3 aromatic carbocycles. The predicted octanol–water partition coefficient (Wildman–Crippen LogP) is 4.30. The van der Waals surface area contributed by atoms with Crippen LogP contribution < -0.4 is 5.32 Å². The quantitative estimate of drug-likeness (QED) is 0.394. The van der Waals surface area contributed by atoms with Crippen molar-refractivity contribution >= 4 is 22.6 Å². The standard InChI is InChI=1S/C22H18N4O3/c1-14-7-8-17(12-20(14)26(28)29)22(27)25-21(15-5-3-2-4-6-15)16-9-10-18-19(11-16)24-13-23-18/h2-13,21H,1H3,(H,23,24)(H,25,27)/t21-/m0/s1. The highest BCUT2D eigenvalue weighted by molar-refractivity contribution is 5.95. The molecule has 0 fully saturated rings. The van der Waals surface area contributed by atoms with E-state index in [1.54, 1.807) is 25.4 Å². The Hall–Kier alpha value is -4.00. The number of imidazole rings is 1. The van der Waals surface area contributed by atoms with Crippen molar-refractivity contribution in [3.63, 3.8) is 0 Å². The molecule has 1 aromatic heterocycles. The molecule has 0 spiro atoms. The molecule has 1 amide bonds. The van der Waals surface area contributed by atoms with E-state index in [1.165, 1.54) is 6.07 Å². The normalized spacial score (nSPS) is 11.9. The third-order valence-corrected chi connectivity index (χ3v) is 4.85. The second-order valence-electron chi connectivity index (χ2n) is 6.75. The van der Waals surface area contributed by atoms with Gasteiger partial charge in [-0.25, -0.2) is 4.98 Å². The third-order valence-electron chi connectivity index (χ3n) is 4.85. The fourth-order valence-corrected chi connectivity index (χ4v) is 3.30. The van der Waals surface area contributed by atoms with Crippen LogP contribution in [0.1, 0.15) is 33.1 Å². The minimum atomic E-state index is -0.479. The molecule has 2 N–H and O–H groups in total. The molecule has 0 aliphatic rings. The number of carbonyl (C=O) groups is 1. The van der Waals surface area contributed by atoms with Crippen LogP contribution in [-0.2, 0) is 0 Å². The number of amides is 1. The van der Waals surface area contributed by atoms with Gasteiger partial charge in [0, 0.05) is 17.2 Å². The van der Waals surface area contributed by atoms with Crippen molar-refractivity contribution < 1.29 is 9.72 Å². The summed E-state index contributed by atoms with van der Waals surface area (Å²) in [4.78, 5) is 31.0. The van der Waals surface area contributed by atoms with Crippen LogP contribution in [0.4, 0.5) is 5.69 Å². The average Bonchev–Trinajstić information content (AvgIpc) is 3.20. The zero-order chi connectivity index (χ0) is 20.4. The van der Waals surface area contributed by atoms with Crippen LogP contribution in [0.3, 0.4) is 0 Å². The molecule has 29 heavy (non-hydrogen) atoms. The number of aryl methyl sites for hydroxylation is 1. The van der Waals surface area contributed by atoms with E-state index in [2.05, 4.69) is 15.3 Å². The summed E-state index contributed by atoms with van der Waals surface area (Å²) in [7, 11) is 0. The minimum Gasteiger partial charge on any atom is -0.345 e. The topological polar surface area (TPSA) is 101 Å². The van der Waals surface area contributed by atoms with Gasteiger partial charge >= 0.3 is 0 Å². The summed E-state index contributed by atoms with van der Waals surface area (Å²) in [6.07, 6.45) is 1.62. The summed E-state index contributed by atoms with van der Waals surface area (Å²) in [5.74, 6) is -0.383. The molecular formula is C22H18N4O3. The number of hydrogen-bond acceptors (Lipinski definition) is 4. The van der Waals surface area contributed by atoms with Gasteiger partial charge in [0.05, 0.1) is 28.3 Å². The molecule has 1 heterocycles. The lowest BCUT2D eigenvalue weighted by Crippen LogP contribution is -2.29. The van der Waals surface area contributed by atoms with E-state index in [9.17, 15) is 14.9 Å². The van der Waals surface area contributed by atoms with E-state index in [0.29, 0.717) is 5.56 Å². The Morgan fingerprint density at radius 2 is 1.86 bits per heavy atom. The van der Waals surface area contributed by atoms with Crippen LogP contribution in [0.15, 0.2) is 73.1 Å². The van der Waals surface area contributed by atoms with Gasteiger partial charge in [0.2, 0.25) is 0 Å². The van der Waals surface area contributed by atoms with Crippen molar-refractivity contribution in [2.24, 2.45) is 0 Å². The zero-order valence-corrected chi connectivity index (χ0v) is 15.6. The molecule has 4 rings (SSSR count). The summed E-state index contributed by atoms with van der Waals surface area (Å²) in [6, 6.07) is 19.4. The first-order valence-electron chi connectivity index (χ1n) is 9.07. The number of carbonyl (C=O) groups excluding carboxylic acids is 1. The van der Waals surface area contributed by atoms with Crippen molar-refractivity contribution in [3.8, 4) is 0 Å². The number of rotatable bonds is 5. The van der Waals surface area contributed by atoms with Crippen LogP contribution in [0.25, 0.3) is 11.0 Å². The molecule has 1 atom stereocenters. The Morgan fingerprint density at radius 3 is 2.62 bits per heavy atom. The van der Waals surface area contributed by atoms with Gasteiger partial charge in [0.25, 0.3) is 11.6 Å². The van der Waals surface area contributed by atoms with E-state index in [1.807, 2.05) is 48.5 Å². The van der Waals surface area contributed by atoms with Gasteiger partial charge in [-0.05, 0) is 36.2 Å². The first-order chi connectivity index (χ1) is 14.0. The second kappa shape index (κ2) is 7.55. The van der Waals surface area contributed by atoms with E-state index in [-0.39, 0.29) is 17.2 Å². The monoisotopic (exact) mass is 386 g/mol. The summed E-state index contributed by atoms with van der Waals surface area (Å²) in [5.41, 5.74) is 4.16. The Balaban J connectivity index is 1.71. The van der Waals surface area contributed by atoms with E-state index in [0.717, 1.165) is 22.2 Å². The average molecular weight is 386 g/mol. The molecule has 0 unspecified atom stereocenters. The summed E-state index contributed by atoms with van der Waals surface area (Å²) in [6.45, 7) is 1.65. The van der Waals surface area contributed by atoms with Crippen molar-refractivity contribution in [2.45, 2.75) is 13.0 Å². The molecule has 0 aliphatic heterocycles. The predicted molar refractivity (Wildman–Crippen MR) is 110 cm³/mol. The molecule has 7 heteroatoms. The highest BCUT2D eigenvalue weighted by atomic mass is 16.6. The van der Waals surface area contributed by atoms with Crippen LogP contribution in [-0.4, -0.2) is 20.8 Å². The number of nitrogens with one attached hydrogen (secondary N) is 2. The van der Waals surface area contributed by atoms with Crippen LogP contribution in [0.2, 0.25) is 0 Å². The van der Waals surface area contributed by atoms with Gasteiger partial charge in [0.15, 0.2) is 0 Å². The molecule has 0 saturated heterocycles. The largest absolute Gasteiger partial charge is 0.345 e. The summed E-state index contributed by atoms with van der Waals surface area (Å²) in [5, 5.41) is 14.2. The molecular weight excluding hydrogens is 368 g/mol. The number of aromatic amines is 1. The van der Waals surface area contributed by atoms with E-state index < -0.39 is 11.0 Å². The number of benzene rings is 3. The highest BCUT2D eigenvalue weighted by Gasteiger charge is 2.21. The molecule has 4 aromatic rings. The number of aromatic nitrogens is 2. The Kier molecular flexibility index (Phi) is 4.78. The minimum absolute atomic E-state index is 0.0761. The van der Waals surface area contributed by atoms with Gasteiger partial charge in [-0.15, -0.1) is 0 Å². The second-order valence-corrected chi connectivity index (χ2v) is 6.75. The van der Waals surface area contributed by atoms with Gasteiger partial charge < -0.3 is 10.3 Å². The number of nitro groups is 1. The number of nitrogens with zero attached hydrogens (tertiary/aromatic N) is 2. The molecule has 0 radical (unpaired) electrons. The van der Waals surface area contributed by atoms with E-state index >= 15 is 0 Å². The lowest BCUT2D eigenvalue weighted by Gasteiger charge is -2.20. The van der Waals surface area contributed by atoms with Crippen molar-refractivity contribution in [1.29, 1.82) is 0 Å². The fraction of sp³-hybridized carbons (Fsp3) is 0.0909. The van der Waals surface area contributed by atoms with Crippen LogP contribution in [0, 0.1) is 17.0 Å². The third kappa shape index (κ3) is 3.70. The first-order valence-corrected chi connectivity index (χ1v) is 9.07. The van der Waals surface area contributed by atoms with Crippen molar-refractivity contribution in [1.82, 2.24) is 15.3 Å². The maximum absolute atomic E-state index is 12.9. The SMILES string of the molecule is Cc1ccc(C(=O)N[C@@H](c2ccccc2)c2ccc3nc[nH]c3c2)cc1[N+](=O)[O-]. The summed E-state index contributed by atoms with van der Waals surface area (Å²) < 4.78 is 0. The van der Waals surface area contributed by atoms with Gasteiger partial charge in [-0.3, -0.25) is 14.9 Å². The van der Waals surface area contributed by atoms with Crippen molar-refractivity contribution in [2.75, 3.05) is 0 Å². The Morgan fingerprint density at radius 1 is 1.07 bits per heavy atom. The molecule has 0 bridgehead atoms. The number of H-pyrrole nitrogens is 1. The molecule has 144 valence electrons. The molecule has 7 nitrogen and oxygen atoms in total. The Bertz CT molecular complexity index is 1200. The first kappa shape index (κ1) is 18.4. The lowest BCUT2D eigenvalue weighted by atomic mass is 9.97. The maximum Gasteiger partial charge on any atom is 0.273 e. The lowest BCUT2D eigenvalue weighted by molar-refractivity contribution is -0.385. The number of fused-ring (bicyclic) bond motifs is 1. The van der Waals surface area contributed by atoms with E-state index in [4.69, 9.17) is 0 Å². The van der Waals surface area contributed by atoms with Crippen LogP contribution in [0.5, 0.6) is 0 Å². The maximum atomic E-state index is 12.9. The van der Waals surface area contributed by atoms with Gasteiger partial charge in [-0.2, -0.15) is 0 Å². The zero-order valence-electron chi connectivity index (χ0n) is 15.6. The van der Waals surface area contributed by atoms with Gasteiger partial charge in [-0.1, -0.05) is 42.5 Å². The summed E-state index contributed by atoms with van der Waals surface area (Å²) >= 11 is 0. The Labute approximate surface area is 166 Å². The smallest absolute Gasteiger partial charge is 0.273 e. The molecule has 0 saturated carbocycles. The highest BCUT2D eigenvalue weighted by Crippen LogP contribution is 2.26. The number of hydrogen-bond donors (Lipinski definition) is 2. The van der Waals surface area contributed by atoms with Gasteiger partial charge in [0.1, 0.15) is 0 Å².